The summed E-state index contributed by atoms with van der Waals surface area (Å²) < 4.78 is 2.64. The maximum absolute atomic E-state index is 4.80. The van der Waals surface area contributed by atoms with Crippen molar-refractivity contribution in [3.05, 3.63) is 292 Å². The van der Waals surface area contributed by atoms with Gasteiger partial charge >= 0.3 is 0 Å². The Morgan fingerprint density at radius 3 is 1.02 bits per heavy atom. The van der Waals surface area contributed by atoms with Gasteiger partial charge in [-0.1, -0.05) is 197 Å². The lowest BCUT2D eigenvalue weighted by Crippen LogP contribution is -2.62. The minimum absolute atomic E-state index is 0.0567. The fourth-order valence-electron chi connectivity index (χ4n) is 29.9. The summed E-state index contributed by atoms with van der Waals surface area (Å²) >= 11 is 9.81. The minimum Gasteiger partial charge on any atom is -0.354 e. The number of para-hydroxylation sites is 5. The van der Waals surface area contributed by atoms with Gasteiger partial charge in [0.1, 0.15) is 14.5 Å². The maximum Gasteiger partial charge on any atom is 0.123 e. The van der Waals surface area contributed by atoms with Gasteiger partial charge in [0.2, 0.25) is 0 Å². The lowest BCUT2D eigenvalue weighted by atomic mass is 9.48. The van der Waals surface area contributed by atoms with E-state index in [1.54, 1.807) is 25.8 Å². The van der Waals surface area contributed by atoms with Crippen LogP contribution in [0.5, 0.6) is 0 Å². The molecule has 0 radical (unpaired) electrons. The van der Waals surface area contributed by atoms with Gasteiger partial charge in [0.25, 0.3) is 0 Å². The van der Waals surface area contributed by atoms with Gasteiger partial charge in [0.05, 0.1) is 78.3 Å². The number of fused-ring (bicyclic) bond motifs is 25. The number of thiophene rings is 5. The van der Waals surface area contributed by atoms with Crippen molar-refractivity contribution in [3.63, 3.8) is 0 Å². The Morgan fingerprint density at radius 1 is 0.295 bits per heavy atom. The largest absolute Gasteiger partial charge is 0.354 e. The predicted octanol–water partition coefficient (Wildman–Crippen LogP) is 32.6. The Morgan fingerprint density at radius 2 is 0.621 bits per heavy atom. The third-order valence-corrected chi connectivity index (χ3v) is 44.0. The molecule has 7 unspecified atom stereocenters. The second-order valence-corrected chi connectivity index (χ2v) is 49.2. The molecule has 6 fully saturated rings. The van der Waals surface area contributed by atoms with Crippen LogP contribution in [0.1, 0.15) is 315 Å². The molecule has 15 heteroatoms. The van der Waals surface area contributed by atoms with Crippen LogP contribution >= 0.6 is 56.7 Å². The molecule has 7 aliphatic heterocycles. The van der Waals surface area contributed by atoms with Gasteiger partial charge in [-0.15, -0.1) is 56.7 Å². The Kier molecular flexibility index (Phi) is 20.3. The third-order valence-electron chi connectivity index (χ3n) is 37.4. The lowest BCUT2D eigenvalue weighted by molar-refractivity contribution is -0.0588. The van der Waals surface area contributed by atoms with Gasteiger partial charge in [-0.25, -0.2) is 15.0 Å². The molecule has 0 N–H and O–H groups in total. The number of benzene rings is 5. The van der Waals surface area contributed by atoms with E-state index in [9.17, 15) is 0 Å². The van der Waals surface area contributed by atoms with Crippen LogP contribution in [0.2, 0.25) is 0 Å². The van der Waals surface area contributed by atoms with Crippen LogP contribution in [-0.2, 0) is 38.5 Å². The van der Waals surface area contributed by atoms with E-state index in [0.717, 1.165) is 23.7 Å². The zero-order valence-corrected chi connectivity index (χ0v) is 85.2. The normalized spacial score (nSPS) is 27.4. The number of hydrogen-bond donors (Lipinski definition) is 0. The van der Waals surface area contributed by atoms with Crippen molar-refractivity contribution in [1.82, 2.24) is 24.9 Å². The topological polar surface area (TPSA) is 80.7 Å². The summed E-state index contributed by atoms with van der Waals surface area (Å²) in [5, 5.41) is 4.15. The molecule has 28 rings (SSSR count). The maximum atomic E-state index is 4.80. The molecule has 4 bridgehead atoms. The number of hydrogen-bond acceptors (Lipinski definition) is 15. The minimum atomic E-state index is -0.0598. The van der Waals surface area contributed by atoms with Crippen molar-refractivity contribution in [2.45, 2.75) is 297 Å². The molecule has 0 amide bonds. The zero-order valence-electron chi connectivity index (χ0n) is 81.2. The first-order valence-electron chi connectivity index (χ1n) is 49.6. The van der Waals surface area contributed by atoms with Crippen molar-refractivity contribution < 1.29 is 0 Å². The highest BCUT2D eigenvalue weighted by Crippen LogP contribution is 2.75. The fraction of sp³-hybridized carbons (Fsp3) is 0.444. The first kappa shape index (κ1) is 86.7. The molecular formula is C117H130N10S5. The van der Waals surface area contributed by atoms with E-state index in [4.69, 9.17) is 15.0 Å². The van der Waals surface area contributed by atoms with Gasteiger partial charge in [-0.2, -0.15) is 0 Å². The standard InChI is InChI=1S/C26H28N2S.2C24H28N2S.C22H24N2S.C21H22N2S/c1-15-6-3-4-8-22(15)28-16(2)23-21-7-5-9-27-25(21)29-24(23)26(28)19-11-17-10-18(13-19)14-20(26)12-17;2*1-14-10-8-11-16-20(14)26-15(2)18-19-17(12-9-13-25-19)27-21(18)24(26,7)23(5,6)22(16,3)4;1-15-9-4-5-11-18(15)24-16(2)19-17-10-8-14-23-21(17)25-20(19)22(24)12-6-3-7-13-22;1-14-8-3-4-10-17(14)23-15(2)18-16-9-7-13-22-20(16)24-19(18)21(23)11-5-6-12-21/h3-9,16-20H,10-14H2,1-2H3;2*8-13,15H,1-7H3;4-5,8-11,14,16H,3,6-7,12-13H2,1-2H3;3-4,7-10,13,15H,5-6,11-12H2,1-2H3. The van der Waals surface area contributed by atoms with Crippen LogP contribution in [-0.4, -0.2) is 24.9 Å². The number of rotatable bonds is 3. The summed E-state index contributed by atoms with van der Waals surface area (Å²) in [7, 11) is 0. The summed E-state index contributed by atoms with van der Waals surface area (Å²) in [4.78, 5) is 49.1. The predicted molar refractivity (Wildman–Crippen MR) is 560 cm³/mol. The van der Waals surface area contributed by atoms with E-state index in [1.165, 1.54) is 235 Å². The quantitative estimate of drug-likeness (QED) is 0.171. The van der Waals surface area contributed by atoms with E-state index >= 15 is 0 Å². The number of aromatic nitrogens is 5. The van der Waals surface area contributed by atoms with Crippen LogP contribution < -0.4 is 24.5 Å². The summed E-state index contributed by atoms with van der Waals surface area (Å²) in [6, 6.07) is 64.2. The Balaban J connectivity index is 0.0000000937. The first-order valence-corrected chi connectivity index (χ1v) is 53.7. The highest BCUT2D eigenvalue weighted by atomic mass is 32.1. The molecule has 6 saturated carbocycles. The van der Waals surface area contributed by atoms with E-state index in [-0.39, 0.29) is 49.4 Å². The molecule has 0 saturated heterocycles. The number of pyridine rings is 5. The molecule has 132 heavy (non-hydrogen) atoms. The number of anilines is 5. The van der Waals surface area contributed by atoms with Crippen LogP contribution in [0.15, 0.2) is 201 Å². The SMILES string of the molecule is Cc1cccc2c1N1C(C)c3c(sc4cccnc34)C1(C)C(C)(C)C2(C)C.Cc1cccc2c1N1C(C)c3c(sc4cccnc34)C1(C)C(C)(C)C2(C)C.Cc1ccccc1N1C(C)c2c(sc3ncccc23)C12C1CC3CC(C1)CC2C3.Cc1ccccc1N1C(C)c2c(sc3ncccc23)C12CCCC2.Cc1ccccc1N1C(C)c2c(sc3ncccc23)C12CCCCC2. The first-order chi connectivity index (χ1) is 63.4. The highest BCUT2D eigenvalue weighted by Gasteiger charge is 2.69. The summed E-state index contributed by atoms with van der Waals surface area (Å²) in [6.45, 7) is 47.9. The zero-order chi connectivity index (χ0) is 91.4. The van der Waals surface area contributed by atoms with E-state index < -0.39 is 0 Å². The van der Waals surface area contributed by atoms with Crippen molar-refractivity contribution in [3.8, 4) is 0 Å². The second kappa shape index (κ2) is 30.8. The van der Waals surface area contributed by atoms with Crippen LogP contribution in [0.3, 0.4) is 0 Å². The van der Waals surface area contributed by atoms with Crippen molar-refractivity contribution >= 4 is 136 Å². The molecule has 17 heterocycles. The Labute approximate surface area is 802 Å². The molecule has 7 atom stereocenters. The van der Waals surface area contributed by atoms with Crippen molar-refractivity contribution in [2.75, 3.05) is 24.5 Å². The van der Waals surface area contributed by atoms with Gasteiger partial charge in [0.15, 0.2) is 0 Å². The lowest BCUT2D eigenvalue weighted by Gasteiger charge is -2.63. The monoisotopic (exact) mass is 1830 g/mol. The summed E-state index contributed by atoms with van der Waals surface area (Å²) in [6.07, 6.45) is 28.7. The molecule has 3 spiro atoms. The van der Waals surface area contributed by atoms with Gasteiger partial charge < -0.3 is 24.5 Å². The smallest absolute Gasteiger partial charge is 0.123 e. The van der Waals surface area contributed by atoms with E-state index in [2.05, 4.69) is 343 Å². The molecular weight excluding hydrogens is 1710 g/mol. The fourth-order valence-corrected chi connectivity index (χ4v) is 37.5. The van der Waals surface area contributed by atoms with E-state index in [0.29, 0.717) is 30.2 Å². The van der Waals surface area contributed by atoms with Crippen LogP contribution in [0, 0.1) is 69.1 Å². The third kappa shape index (κ3) is 11.6. The average molecular weight is 1840 g/mol. The molecule has 13 aliphatic rings. The molecule has 6 aliphatic carbocycles. The Bertz CT molecular complexity index is 6910. The number of aryl methyl sites for hydroxylation is 5. The van der Waals surface area contributed by atoms with Crippen molar-refractivity contribution in [2.24, 2.45) is 34.5 Å². The molecule has 15 aromatic rings. The van der Waals surface area contributed by atoms with Gasteiger partial charge in [0, 0.05) is 139 Å². The second-order valence-electron chi connectivity index (χ2n) is 44.1. The van der Waals surface area contributed by atoms with E-state index in [1.807, 2.05) is 87.7 Å². The molecule has 678 valence electrons. The Hall–Kier alpha value is -9.35. The summed E-state index contributed by atoms with van der Waals surface area (Å²) in [5.74, 6) is 3.56. The molecule has 5 aromatic carbocycles. The molecule has 10 nitrogen and oxygen atoms in total. The highest BCUT2D eigenvalue weighted by molar-refractivity contribution is 7.20. The molecule has 10 aromatic heterocycles. The summed E-state index contributed by atoms with van der Waals surface area (Å²) in [5.41, 5.74) is 27.7. The number of nitrogens with zero attached hydrogens (tertiary/aromatic N) is 10. The van der Waals surface area contributed by atoms with Crippen molar-refractivity contribution in [1.29, 1.82) is 0 Å². The average Bonchev–Trinajstić information content (AvgIpc) is 1.67. The van der Waals surface area contributed by atoms with Crippen LogP contribution in [0.4, 0.5) is 28.4 Å². The van der Waals surface area contributed by atoms with Gasteiger partial charge in [-0.05, 0) is 275 Å². The van der Waals surface area contributed by atoms with Crippen LogP contribution in [0.25, 0.3) is 51.1 Å². The van der Waals surface area contributed by atoms with Gasteiger partial charge in [-0.3, -0.25) is 9.97 Å².